The van der Waals surface area contributed by atoms with Gasteiger partial charge in [-0.25, -0.2) is 0 Å². The van der Waals surface area contributed by atoms with E-state index in [4.69, 9.17) is 14.2 Å². The van der Waals surface area contributed by atoms with Gasteiger partial charge in [0.1, 0.15) is 0 Å². The van der Waals surface area contributed by atoms with E-state index < -0.39 is 0 Å². The van der Waals surface area contributed by atoms with Gasteiger partial charge in [0, 0.05) is 13.7 Å². The van der Waals surface area contributed by atoms with E-state index in [1.807, 2.05) is 193 Å². The minimum atomic E-state index is 0.297. The molecule has 0 spiro atoms. The Morgan fingerprint density at radius 2 is 0.505 bits per heavy atom. The van der Waals surface area contributed by atoms with Crippen LogP contribution in [-0.2, 0) is 14.2 Å². The highest BCUT2D eigenvalue weighted by molar-refractivity contribution is 5.82. The van der Waals surface area contributed by atoms with Crippen molar-refractivity contribution in [2.75, 3.05) is 26.9 Å². The van der Waals surface area contributed by atoms with E-state index >= 15 is 0 Å². The quantitative estimate of drug-likeness (QED) is 0.164. The van der Waals surface area contributed by atoms with Crippen molar-refractivity contribution in [3.05, 3.63) is 217 Å². The van der Waals surface area contributed by atoms with Gasteiger partial charge < -0.3 is 14.2 Å². The van der Waals surface area contributed by atoms with E-state index in [-0.39, 0.29) is 0 Å². The van der Waals surface area contributed by atoms with Gasteiger partial charge in [0.05, 0.1) is 25.4 Å². The van der Waals surface area contributed by atoms with Crippen molar-refractivity contribution >= 4 is 21.5 Å². The molecule has 0 bridgehead atoms. The van der Waals surface area contributed by atoms with E-state index in [1.54, 1.807) is 58.5 Å². The van der Waals surface area contributed by atoms with E-state index in [0.29, 0.717) is 12.2 Å². The summed E-state index contributed by atoms with van der Waals surface area (Å²) in [7, 11) is 1.71. The Kier molecular flexibility index (Phi) is 98.0. The summed E-state index contributed by atoms with van der Waals surface area (Å²) in [5, 5.41) is 5.24. The van der Waals surface area contributed by atoms with E-state index in [9.17, 15) is 0 Å². The number of allylic oxidation sites excluding steroid dienone is 1. The molecule has 0 N–H and O–H groups in total. The van der Waals surface area contributed by atoms with Crippen molar-refractivity contribution in [1.29, 1.82) is 0 Å². The highest BCUT2D eigenvalue weighted by Crippen LogP contribution is 2.41. The maximum absolute atomic E-state index is 5.27. The van der Waals surface area contributed by atoms with Crippen LogP contribution in [0.1, 0.15) is 331 Å². The summed E-state index contributed by atoms with van der Waals surface area (Å²) in [5.74, 6) is 6.81. The zero-order valence-corrected chi connectivity index (χ0v) is 75.1. The van der Waals surface area contributed by atoms with Crippen LogP contribution in [0.2, 0.25) is 0 Å². The second kappa shape index (κ2) is 91.1. The van der Waals surface area contributed by atoms with Crippen molar-refractivity contribution < 1.29 is 14.2 Å². The second-order valence-corrected chi connectivity index (χ2v) is 26.1. The van der Waals surface area contributed by atoms with Crippen LogP contribution in [0.5, 0.6) is 0 Å². The van der Waals surface area contributed by atoms with Crippen molar-refractivity contribution in [1.82, 2.24) is 0 Å². The predicted molar refractivity (Wildman–Crippen MR) is 486 cm³/mol. The largest absolute Gasteiger partial charge is 0.385 e. The van der Waals surface area contributed by atoms with Crippen LogP contribution in [0.15, 0.2) is 200 Å². The highest BCUT2D eigenvalue weighted by atomic mass is 16.6. The van der Waals surface area contributed by atoms with Gasteiger partial charge in [0.15, 0.2) is 0 Å². The minimum absolute atomic E-state index is 0.297. The monoisotopic (exact) mass is 1450 g/mol. The Hall–Kier alpha value is -5.32. The molecule has 5 aliphatic carbocycles. The number of rotatable bonds is 4. The average molecular weight is 1450 g/mol. The zero-order chi connectivity index (χ0) is 81.0. The summed E-state index contributed by atoms with van der Waals surface area (Å²) >= 11 is 0. The third-order valence-corrected chi connectivity index (χ3v) is 17.2. The molecular weight excluding hydrogens is 1270 g/mol. The lowest BCUT2D eigenvalue weighted by molar-refractivity contribution is -0.119. The van der Waals surface area contributed by atoms with Crippen LogP contribution in [0, 0.1) is 56.3 Å². The fraction of sp³-hybridized carbons (Fsp3) is 0.608. The lowest BCUT2D eigenvalue weighted by atomic mass is 9.71. The van der Waals surface area contributed by atoms with Crippen LogP contribution in [0.3, 0.4) is 0 Å². The van der Waals surface area contributed by atoms with Gasteiger partial charge >= 0.3 is 0 Å². The maximum atomic E-state index is 5.27. The van der Waals surface area contributed by atoms with E-state index in [0.717, 1.165) is 61.7 Å². The second-order valence-electron chi connectivity index (χ2n) is 26.1. The molecule has 2 atom stereocenters. The van der Waals surface area contributed by atoms with Gasteiger partial charge in [-0.15, -0.1) is 6.58 Å². The molecule has 0 aromatic heterocycles. The fourth-order valence-corrected chi connectivity index (χ4v) is 12.0. The van der Waals surface area contributed by atoms with Crippen molar-refractivity contribution in [2.45, 2.75) is 347 Å². The number of fused-ring (bicyclic) bond motifs is 4. The van der Waals surface area contributed by atoms with Gasteiger partial charge in [-0.1, -0.05) is 478 Å². The summed E-state index contributed by atoms with van der Waals surface area (Å²) in [6, 6.07) is 64.2. The molecule has 0 radical (unpaired) electrons. The van der Waals surface area contributed by atoms with Crippen molar-refractivity contribution in [2.24, 2.45) is 35.5 Å². The van der Waals surface area contributed by atoms with E-state index in [1.165, 1.54) is 127 Å². The maximum Gasteiger partial charge on any atom is 0.0781 e. The number of ether oxygens (including phenoxy) is 3. The molecule has 1 saturated heterocycles. The Morgan fingerprint density at radius 3 is 0.619 bits per heavy atom. The van der Waals surface area contributed by atoms with Gasteiger partial charge in [-0.3, -0.25) is 0 Å². The molecule has 3 nitrogen and oxygen atoms in total. The molecule has 7 aromatic carbocycles. The Morgan fingerprint density at radius 1 is 0.333 bits per heavy atom. The molecule has 0 amide bonds. The fourth-order valence-electron chi connectivity index (χ4n) is 12.0. The Bertz CT molecular complexity index is 2250. The molecule has 13 rings (SSSR count). The molecule has 5 saturated carbocycles. The van der Waals surface area contributed by atoms with E-state index in [2.05, 4.69) is 195 Å². The van der Waals surface area contributed by atoms with Crippen molar-refractivity contribution in [3.8, 4) is 0 Å². The molecule has 604 valence electrons. The summed E-state index contributed by atoms with van der Waals surface area (Å²) in [4.78, 5) is 0. The van der Waals surface area contributed by atoms with Crippen LogP contribution in [0.25, 0.3) is 21.5 Å². The number of aryl methyl sites for hydroxylation is 3. The van der Waals surface area contributed by atoms with Crippen LogP contribution in [0.4, 0.5) is 0 Å². The number of methoxy groups -OCH3 is 1. The summed E-state index contributed by atoms with van der Waals surface area (Å²) in [5.41, 5.74) is 5.13. The molecule has 3 heteroatoms. The SMILES string of the molecule is C1CCC2CCCCC2C1.C1CCC2CCCCC2C1.C=C(C)C.CC.CC.CC.CC.CC.CC.CC.CC.CC1COC(C)CO1.CCC.CCC1CC(CC)C1.CCCOC.Cc1ccccc1.Cc1ccccc1.Cc1ccccc1.c1ccc2ccccc2c1.c1ccc2ccccc2c1. The number of hydrogen-bond donors (Lipinski definition) is 0. The Balaban J connectivity index is -0.000000198. The first-order valence-electron chi connectivity index (χ1n) is 43.5. The van der Waals surface area contributed by atoms with Gasteiger partial charge in [-0.2, -0.15) is 0 Å². The molecule has 2 unspecified atom stereocenters. The third kappa shape index (κ3) is 70.1. The molecular formula is C102H178O3. The van der Waals surface area contributed by atoms with Crippen LogP contribution >= 0.6 is 0 Å². The molecule has 6 aliphatic rings. The summed E-state index contributed by atoms with van der Waals surface area (Å²) < 4.78 is 15.2. The third-order valence-electron chi connectivity index (χ3n) is 17.2. The topological polar surface area (TPSA) is 27.7 Å². The van der Waals surface area contributed by atoms with Gasteiger partial charge in [0.2, 0.25) is 0 Å². The standard InChI is InChI=1S/2C10H18.2C10H8.C8H16.3C7H8.C6H12O2.C4H10O.C4H8.C3H8.8C2H6/c4*1-2-6-10-8-4-3-7-9(10)5-1;1-3-7-5-8(4-2)6-7;3*1-7-5-3-2-4-6-7;1-5-3-8-6(2)4-7-5;1-3-4-5-2;1-4(2)3;1-3-2;8*1-2/h2*9-10H,1-8H2;2*1-8H;7-8H,3-6H2,1-2H3;3*2-6H,1H3;5-6H,3-4H2,1-2H3;3-4H2,1-2H3;1H2,2-3H3;3H2,1-2H3;8*1-2H3. The lowest BCUT2D eigenvalue weighted by Gasteiger charge is -2.35. The molecule has 1 aliphatic heterocycles. The first-order chi connectivity index (χ1) is 51.3. The minimum Gasteiger partial charge on any atom is -0.385 e. The summed E-state index contributed by atoms with van der Waals surface area (Å²) in [6.07, 6.45) is 33.5. The lowest BCUT2D eigenvalue weighted by Crippen LogP contribution is -2.31. The van der Waals surface area contributed by atoms with Gasteiger partial charge in [0.25, 0.3) is 0 Å². The molecule has 1 heterocycles. The summed E-state index contributed by atoms with van der Waals surface area (Å²) in [6.45, 7) is 63.1. The highest BCUT2D eigenvalue weighted by Gasteiger charge is 2.28. The Labute approximate surface area is 658 Å². The normalized spacial score (nSPS) is 18.5. The van der Waals surface area contributed by atoms with Crippen molar-refractivity contribution in [3.63, 3.8) is 0 Å². The number of benzene rings is 7. The average Bonchev–Trinajstić information content (AvgIpc) is 0.905. The molecule has 105 heavy (non-hydrogen) atoms. The first-order valence-corrected chi connectivity index (χ1v) is 43.5. The molecule has 6 fully saturated rings. The predicted octanol–water partition coefficient (Wildman–Crippen LogP) is 34.3. The van der Waals surface area contributed by atoms with Gasteiger partial charge in [-0.05, 0) is 125 Å². The zero-order valence-electron chi connectivity index (χ0n) is 75.1. The first kappa shape index (κ1) is 113. The molecule has 7 aromatic rings. The van der Waals surface area contributed by atoms with Crippen LogP contribution in [-0.4, -0.2) is 39.1 Å². The number of hydrogen-bond acceptors (Lipinski definition) is 3. The smallest absolute Gasteiger partial charge is 0.0781 e. The van der Waals surface area contributed by atoms with Crippen LogP contribution < -0.4 is 0 Å².